The van der Waals surface area contributed by atoms with Gasteiger partial charge in [-0.2, -0.15) is 13.2 Å². The van der Waals surface area contributed by atoms with Gasteiger partial charge in [0.25, 0.3) is 0 Å². The van der Waals surface area contributed by atoms with Crippen LogP contribution < -0.4 is 5.32 Å². The van der Waals surface area contributed by atoms with Crippen LogP contribution in [0.1, 0.15) is 52.4 Å². The molecule has 1 aliphatic rings. The number of nitrogens with one attached hydrogen (secondary N) is 1. The molecule has 0 saturated heterocycles. The van der Waals surface area contributed by atoms with Crippen molar-refractivity contribution in [1.29, 1.82) is 0 Å². The average molecular weight is 309 g/mol. The van der Waals surface area contributed by atoms with Crippen molar-refractivity contribution in [3.8, 4) is 0 Å². The molecule has 0 aromatic heterocycles. The Labute approximate surface area is 126 Å². The molecular weight excluding hydrogens is 279 g/mol. The van der Waals surface area contributed by atoms with Crippen molar-refractivity contribution in [2.75, 3.05) is 26.3 Å². The van der Waals surface area contributed by atoms with Crippen LogP contribution in [0.5, 0.6) is 0 Å². The van der Waals surface area contributed by atoms with Crippen molar-refractivity contribution in [2.45, 2.75) is 58.5 Å². The molecule has 1 saturated carbocycles. The lowest BCUT2D eigenvalue weighted by Gasteiger charge is -2.35. The number of rotatable bonds is 9. The third-order valence-electron chi connectivity index (χ3n) is 4.36. The molecule has 0 radical (unpaired) electrons. The predicted molar refractivity (Wildman–Crippen MR) is 79.3 cm³/mol. The Hall–Kier alpha value is -0.290. The molecule has 126 valence electrons. The number of hydrogen-bond acceptors (Lipinski definition) is 2. The van der Waals surface area contributed by atoms with E-state index in [4.69, 9.17) is 4.74 Å². The second-order valence-corrected chi connectivity index (χ2v) is 6.45. The lowest BCUT2D eigenvalue weighted by molar-refractivity contribution is -0.174. The molecule has 0 amide bonds. The number of hydrogen-bond donors (Lipinski definition) is 1. The fourth-order valence-electron chi connectivity index (χ4n) is 3.28. The minimum atomic E-state index is -4.20. The highest BCUT2D eigenvalue weighted by Crippen LogP contribution is 2.36. The van der Waals surface area contributed by atoms with Crippen molar-refractivity contribution in [2.24, 2.45) is 17.8 Å². The molecule has 0 aromatic rings. The Balaban J connectivity index is 2.23. The van der Waals surface area contributed by atoms with E-state index in [1.54, 1.807) is 0 Å². The van der Waals surface area contributed by atoms with E-state index in [-0.39, 0.29) is 6.61 Å². The number of alkyl halides is 3. The Morgan fingerprint density at radius 2 is 1.95 bits per heavy atom. The van der Waals surface area contributed by atoms with Gasteiger partial charge in [-0.1, -0.05) is 20.3 Å². The molecule has 1 N–H and O–H groups in total. The van der Waals surface area contributed by atoms with Gasteiger partial charge in [-0.15, -0.1) is 0 Å². The molecule has 0 heterocycles. The van der Waals surface area contributed by atoms with E-state index in [1.807, 2.05) is 0 Å². The second kappa shape index (κ2) is 9.67. The van der Waals surface area contributed by atoms with E-state index >= 15 is 0 Å². The predicted octanol–water partition coefficient (Wildman–Crippen LogP) is 4.40. The molecule has 2 nitrogen and oxygen atoms in total. The topological polar surface area (TPSA) is 21.3 Å². The molecule has 0 aromatic carbocycles. The van der Waals surface area contributed by atoms with E-state index in [2.05, 4.69) is 19.2 Å². The molecule has 21 heavy (non-hydrogen) atoms. The smallest absolute Gasteiger partial charge is 0.372 e. The molecule has 5 heteroatoms. The molecular formula is C16H30F3NO. The molecule has 0 spiro atoms. The van der Waals surface area contributed by atoms with Gasteiger partial charge in [0.15, 0.2) is 0 Å². The van der Waals surface area contributed by atoms with Crippen LogP contribution in [-0.2, 0) is 4.74 Å². The fraction of sp³-hybridized carbons (Fsp3) is 1.00. The minimum Gasteiger partial charge on any atom is -0.372 e. The normalized spacial score (nSPS) is 27.0. The minimum absolute atomic E-state index is 0.222. The molecule has 0 aliphatic heterocycles. The van der Waals surface area contributed by atoms with Gasteiger partial charge in [0, 0.05) is 6.61 Å². The van der Waals surface area contributed by atoms with Gasteiger partial charge in [0.1, 0.15) is 6.61 Å². The van der Waals surface area contributed by atoms with Gasteiger partial charge in [-0.3, -0.25) is 0 Å². The SMILES string of the molecule is CCCNCC1CCC(C)CC1CCCOCC(F)(F)F. The molecule has 3 unspecified atom stereocenters. The summed E-state index contributed by atoms with van der Waals surface area (Å²) in [6, 6.07) is 0. The number of ether oxygens (including phenoxy) is 1. The van der Waals surface area contributed by atoms with Crippen molar-refractivity contribution in [3.63, 3.8) is 0 Å². The summed E-state index contributed by atoms with van der Waals surface area (Å²) >= 11 is 0. The van der Waals surface area contributed by atoms with Gasteiger partial charge < -0.3 is 10.1 Å². The summed E-state index contributed by atoms with van der Waals surface area (Å²) in [6.07, 6.45) is 2.38. The summed E-state index contributed by atoms with van der Waals surface area (Å²) in [4.78, 5) is 0. The van der Waals surface area contributed by atoms with Crippen LogP contribution in [-0.4, -0.2) is 32.5 Å². The van der Waals surface area contributed by atoms with E-state index in [0.29, 0.717) is 11.8 Å². The first-order valence-electron chi connectivity index (χ1n) is 8.27. The summed E-state index contributed by atoms with van der Waals surface area (Å²) in [7, 11) is 0. The zero-order chi connectivity index (χ0) is 15.7. The van der Waals surface area contributed by atoms with Crippen LogP contribution in [0.2, 0.25) is 0 Å². The highest BCUT2D eigenvalue weighted by Gasteiger charge is 2.29. The first-order chi connectivity index (χ1) is 9.92. The first-order valence-corrected chi connectivity index (χ1v) is 8.27. The second-order valence-electron chi connectivity index (χ2n) is 6.45. The van der Waals surface area contributed by atoms with Gasteiger partial charge in [0.2, 0.25) is 0 Å². The Bertz CT molecular complexity index is 271. The van der Waals surface area contributed by atoms with Gasteiger partial charge >= 0.3 is 6.18 Å². The van der Waals surface area contributed by atoms with Crippen LogP contribution in [0, 0.1) is 17.8 Å². The lowest BCUT2D eigenvalue weighted by Crippen LogP contribution is -2.33. The van der Waals surface area contributed by atoms with Crippen LogP contribution in [0.3, 0.4) is 0 Å². The molecule has 3 atom stereocenters. The van der Waals surface area contributed by atoms with Crippen molar-refractivity contribution in [3.05, 3.63) is 0 Å². The van der Waals surface area contributed by atoms with Gasteiger partial charge in [-0.25, -0.2) is 0 Å². The Morgan fingerprint density at radius 3 is 2.62 bits per heavy atom. The summed E-state index contributed by atoms with van der Waals surface area (Å²) in [5, 5.41) is 3.49. The number of halogens is 3. The van der Waals surface area contributed by atoms with E-state index in [0.717, 1.165) is 38.3 Å². The highest BCUT2D eigenvalue weighted by molar-refractivity contribution is 4.80. The largest absolute Gasteiger partial charge is 0.411 e. The van der Waals surface area contributed by atoms with Crippen molar-refractivity contribution < 1.29 is 17.9 Å². The first kappa shape index (κ1) is 18.8. The van der Waals surface area contributed by atoms with Crippen molar-refractivity contribution >= 4 is 0 Å². The summed E-state index contributed by atoms with van der Waals surface area (Å²) < 4.78 is 40.7. The summed E-state index contributed by atoms with van der Waals surface area (Å²) in [5.74, 6) is 2.05. The maximum atomic E-state index is 12.0. The average Bonchev–Trinajstić information content (AvgIpc) is 2.39. The quantitative estimate of drug-likeness (QED) is 0.638. The van der Waals surface area contributed by atoms with Crippen LogP contribution >= 0.6 is 0 Å². The van der Waals surface area contributed by atoms with Crippen LogP contribution in [0.25, 0.3) is 0 Å². The Morgan fingerprint density at radius 1 is 1.19 bits per heavy atom. The van der Waals surface area contributed by atoms with E-state index < -0.39 is 12.8 Å². The summed E-state index contributed by atoms with van der Waals surface area (Å²) in [6.45, 7) is 5.64. The maximum absolute atomic E-state index is 12.0. The molecule has 0 bridgehead atoms. The zero-order valence-corrected chi connectivity index (χ0v) is 13.3. The lowest BCUT2D eigenvalue weighted by atomic mass is 9.73. The van der Waals surface area contributed by atoms with Gasteiger partial charge in [0.05, 0.1) is 0 Å². The van der Waals surface area contributed by atoms with Crippen LogP contribution in [0.15, 0.2) is 0 Å². The molecule has 1 fully saturated rings. The molecule has 1 aliphatic carbocycles. The summed E-state index contributed by atoms with van der Waals surface area (Å²) in [5.41, 5.74) is 0. The fourth-order valence-corrected chi connectivity index (χ4v) is 3.28. The molecule has 1 rings (SSSR count). The highest BCUT2D eigenvalue weighted by atomic mass is 19.4. The van der Waals surface area contributed by atoms with Gasteiger partial charge in [-0.05, 0) is 62.9 Å². The van der Waals surface area contributed by atoms with Crippen molar-refractivity contribution in [1.82, 2.24) is 5.32 Å². The third-order valence-corrected chi connectivity index (χ3v) is 4.36. The van der Waals surface area contributed by atoms with E-state index in [1.165, 1.54) is 19.3 Å². The third kappa shape index (κ3) is 8.67. The zero-order valence-electron chi connectivity index (χ0n) is 13.3. The van der Waals surface area contributed by atoms with E-state index in [9.17, 15) is 13.2 Å². The Kier molecular flexibility index (Phi) is 8.64. The monoisotopic (exact) mass is 309 g/mol. The standard InChI is InChI=1S/C16H30F3NO/c1-3-8-20-11-15-7-6-13(2)10-14(15)5-4-9-21-12-16(17,18)19/h13-15,20H,3-12H2,1-2H3. The van der Waals surface area contributed by atoms with Crippen LogP contribution in [0.4, 0.5) is 13.2 Å². The maximum Gasteiger partial charge on any atom is 0.411 e.